The lowest BCUT2D eigenvalue weighted by molar-refractivity contribution is -0.137. The summed E-state index contributed by atoms with van der Waals surface area (Å²) in [6.45, 7) is 2.65. The first kappa shape index (κ1) is 19.9. The van der Waals surface area contributed by atoms with Crippen molar-refractivity contribution >= 4 is 17.5 Å². The summed E-state index contributed by atoms with van der Waals surface area (Å²) in [5, 5.41) is 0. The Morgan fingerprint density at radius 3 is 2.39 bits per heavy atom. The summed E-state index contributed by atoms with van der Waals surface area (Å²) >= 11 is 0. The number of alkyl halides is 3. The molecule has 0 bridgehead atoms. The monoisotopic (exact) mass is 390 g/mol. The molecule has 0 spiro atoms. The number of para-hydroxylation sites is 1. The summed E-state index contributed by atoms with van der Waals surface area (Å²) in [7, 11) is 0. The second kappa shape index (κ2) is 8.04. The summed E-state index contributed by atoms with van der Waals surface area (Å²) in [6.07, 6.45) is -4.65. The molecule has 0 radical (unpaired) electrons. The average molecular weight is 390 g/mol. The largest absolute Gasteiger partial charge is 0.418 e. The van der Waals surface area contributed by atoms with Crippen molar-refractivity contribution in [2.75, 3.05) is 18.0 Å². The number of nitrogens with zero attached hydrogens (tertiary/aromatic N) is 2. The molecule has 28 heavy (non-hydrogen) atoms. The molecule has 1 heterocycles. The van der Waals surface area contributed by atoms with Gasteiger partial charge in [-0.1, -0.05) is 42.5 Å². The zero-order chi connectivity index (χ0) is 20.3. The zero-order valence-corrected chi connectivity index (χ0v) is 15.4. The van der Waals surface area contributed by atoms with Crippen LogP contribution in [0.15, 0.2) is 54.6 Å². The lowest BCUT2D eigenvalue weighted by Crippen LogP contribution is -2.37. The molecule has 0 N–H and O–H groups in total. The Morgan fingerprint density at radius 1 is 1.11 bits per heavy atom. The molecule has 3 rings (SSSR count). The summed E-state index contributed by atoms with van der Waals surface area (Å²) in [5.74, 6) is -1.34. The molecule has 1 aliphatic rings. The Balaban J connectivity index is 1.78. The number of rotatable bonds is 5. The molecule has 1 saturated heterocycles. The Morgan fingerprint density at radius 2 is 1.75 bits per heavy atom. The number of benzene rings is 2. The lowest BCUT2D eigenvalue weighted by Gasteiger charge is -2.25. The van der Waals surface area contributed by atoms with E-state index in [4.69, 9.17) is 0 Å². The van der Waals surface area contributed by atoms with E-state index >= 15 is 0 Å². The van der Waals surface area contributed by atoms with Gasteiger partial charge >= 0.3 is 6.18 Å². The van der Waals surface area contributed by atoms with Crippen LogP contribution in [0.2, 0.25) is 0 Å². The number of anilines is 1. The van der Waals surface area contributed by atoms with Gasteiger partial charge in [0, 0.05) is 26.1 Å². The third kappa shape index (κ3) is 4.18. The second-order valence-corrected chi connectivity index (χ2v) is 6.76. The maximum Gasteiger partial charge on any atom is 0.418 e. The van der Waals surface area contributed by atoms with Gasteiger partial charge in [0.2, 0.25) is 11.8 Å². The highest BCUT2D eigenvalue weighted by Gasteiger charge is 2.41. The molecule has 1 unspecified atom stereocenters. The minimum atomic E-state index is -4.57. The molecule has 7 heteroatoms. The fraction of sp³-hybridized carbons (Fsp3) is 0.333. The van der Waals surface area contributed by atoms with Crippen LogP contribution in [0.4, 0.5) is 18.9 Å². The van der Waals surface area contributed by atoms with E-state index in [1.165, 1.54) is 18.2 Å². The van der Waals surface area contributed by atoms with E-state index in [2.05, 4.69) is 0 Å². The van der Waals surface area contributed by atoms with E-state index in [1.807, 2.05) is 37.3 Å². The van der Waals surface area contributed by atoms with Crippen molar-refractivity contribution in [2.24, 2.45) is 5.92 Å². The summed E-state index contributed by atoms with van der Waals surface area (Å²) in [5.41, 5.74) is -0.101. The van der Waals surface area contributed by atoms with Gasteiger partial charge in [-0.3, -0.25) is 9.59 Å². The number of amides is 2. The van der Waals surface area contributed by atoms with Gasteiger partial charge < -0.3 is 9.80 Å². The topological polar surface area (TPSA) is 40.6 Å². The van der Waals surface area contributed by atoms with Gasteiger partial charge in [-0.15, -0.1) is 0 Å². The van der Waals surface area contributed by atoms with E-state index in [0.29, 0.717) is 13.1 Å². The molecular formula is C21H21F3N2O2. The Hall–Kier alpha value is -2.83. The summed E-state index contributed by atoms with van der Waals surface area (Å²) < 4.78 is 39.9. The molecule has 0 saturated carbocycles. The molecule has 2 aromatic rings. The van der Waals surface area contributed by atoms with Crippen LogP contribution in [0, 0.1) is 5.92 Å². The molecule has 1 aliphatic heterocycles. The van der Waals surface area contributed by atoms with Crippen molar-refractivity contribution in [2.45, 2.75) is 26.1 Å². The number of hydrogen-bond acceptors (Lipinski definition) is 2. The SMILES string of the molecule is CCN(Cc1ccccc1)C(=O)C1CC(=O)N(c2ccccc2C(F)(F)F)C1. The minimum absolute atomic E-state index is 0.0456. The van der Waals surface area contributed by atoms with Crippen molar-refractivity contribution in [3.63, 3.8) is 0 Å². The molecule has 0 aliphatic carbocycles. The number of halogens is 3. The van der Waals surface area contributed by atoms with Crippen LogP contribution in [0.25, 0.3) is 0 Å². The van der Waals surface area contributed by atoms with Gasteiger partial charge in [0.1, 0.15) is 0 Å². The number of carbonyl (C=O) groups is 2. The molecule has 2 amide bonds. The first-order valence-electron chi connectivity index (χ1n) is 9.10. The van der Waals surface area contributed by atoms with Crippen LogP contribution in [-0.4, -0.2) is 29.8 Å². The van der Waals surface area contributed by atoms with Crippen molar-refractivity contribution in [1.82, 2.24) is 4.90 Å². The zero-order valence-electron chi connectivity index (χ0n) is 15.4. The van der Waals surface area contributed by atoms with E-state index in [-0.39, 0.29) is 24.6 Å². The Kier molecular flexibility index (Phi) is 5.72. The molecular weight excluding hydrogens is 369 g/mol. The number of carbonyl (C=O) groups excluding carboxylic acids is 2. The van der Waals surface area contributed by atoms with Crippen LogP contribution in [0.3, 0.4) is 0 Å². The van der Waals surface area contributed by atoms with Crippen molar-refractivity contribution in [1.29, 1.82) is 0 Å². The quantitative estimate of drug-likeness (QED) is 0.771. The van der Waals surface area contributed by atoms with Crippen molar-refractivity contribution in [3.05, 3.63) is 65.7 Å². The van der Waals surface area contributed by atoms with Gasteiger partial charge in [-0.2, -0.15) is 13.2 Å². The van der Waals surface area contributed by atoms with Crippen molar-refractivity contribution < 1.29 is 22.8 Å². The van der Waals surface area contributed by atoms with E-state index in [0.717, 1.165) is 16.5 Å². The average Bonchev–Trinajstić information content (AvgIpc) is 3.07. The van der Waals surface area contributed by atoms with Gasteiger partial charge in [-0.05, 0) is 24.6 Å². The smallest absolute Gasteiger partial charge is 0.338 e. The molecule has 1 atom stereocenters. The number of hydrogen-bond donors (Lipinski definition) is 0. The van der Waals surface area contributed by atoms with Crippen molar-refractivity contribution in [3.8, 4) is 0 Å². The Labute approximate surface area is 161 Å². The van der Waals surface area contributed by atoms with E-state index in [9.17, 15) is 22.8 Å². The van der Waals surface area contributed by atoms with E-state index in [1.54, 1.807) is 4.90 Å². The maximum atomic E-state index is 13.3. The predicted molar refractivity (Wildman–Crippen MR) is 99.4 cm³/mol. The lowest BCUT2D eigenvalue weighted by atomic mass is 10.1. The van der Waals surface area contributed by atoms with Gasteiger partial charge in [0.15, 0.2) is 0 Å². The molecule has 0 aromatic heterocycles. The first-order chi connectivity index (χ1) is 13.3. The summed E-state index contributed by atoms with van der Waals surface area (Å²) in [6, 6.07) is 14.4. The molecule has 2 aromatic carbocycles. The van der Waals surface area contributed by atoms with Gasteiger partial charge in [0.05, 0.1) is 17.2 Å². The molecule has 4 nitrogen and oxygen atoms in total. The highest BCUT2D eigenvalue weighted by Crippen LogP contribution is 2.38. The van der Waals surface area contributed by atoms with Crippen LogP contribution < -0.4 is 4.90 Å². The summed E-state index contributed by atoms with van der Waals surface area (Å²) in [4.78, 5) is 28.1. The molecule has 1 fully saturated rings. The van der Waals surface area contributed by atoms with E-state index < -0.39 is 23.6 Å². The fourth-order valence-electron chi connectivity index (χ4n) is 3.46. The Bertz CT molecular complexity index is 852. The first-order valence-corrected chi connectivity index (χ1v) is 9.10. The van der Waals surface area contributed by atoms with Gasteiger partial charge in [-0.25, -0.2) is 0 Å². The predicted octanol–water partition coefficient (Wildman–Crippen LogP) is 4.11. The highest BCUT2D eigenvalue weighted by atomic mass is 19.4. The second-order valence-electron chi connectivity index (χ2n) is 6.76. The normalized spacial score (nSPS) is 17.1. The third-order valence-electron chi connectivity index (χ3n) is 4.88. The standard InChI is InChI=1S/C21H21F3N2O2/c1-2-25(13-15-8-4-3-5-9-15)20(28)16-12-19(27)26(14-16)18-11-7-6-10-17(18)21(22,23)24/h3-11,16H,2,12-14H2,1H3. The highest BCUT2D eigenvalue weighted by molar-refractivity contribution is 6.00. The van der Waals surface area contributed by atoms with Crippen LogP contribution in [-0.2, 0) is 22.3 Å². The third-order valence-corrected chi connectivity index (χ3v) is 4.88. The van der Waals surface area contributed by atoms with Crippen LogP contribution >= 0.6 is 0 Å². The molecule has 148 valence electrons. The maximum absolute atomic E-state index is 13.3. The van der Waals surface area contributed by atoms with Crippen LogP contribution in [0.5, 0.6) is 0 Å². The fourth-order valence-corrected chi connectivity index (χ4v) is 3.46. The minimum Gasteiger partial charge on any atom is -0.338 e. The van der Waals surface area contributed by atoms with Gasteiger partial charge in [0.25, 0.3) is 0 Å². The van der Waals surface area contributed by atoms with Crippen LogP contribution in [0.1, 0.15) is 24.5 Å².